The molecule has 0 saturated carbocycles. The third-order valence-electron chi connectivity index (χ3n) is 4.16. The number of carboxylic acid groups (broad SMARTS) is 1. The van der Waals surface area contributed by atoms with Crippen LogP contribution in [0.25, 0.3) is 0 Å². The number of hydrogen-bond acceptors (Lipinski definition) is 2. The lowest BCUT2D eigenvalue weighted by Crippen LogP contribution is -1.92. The van der Waals surface area contributed by atoms with E-state index in [2.05, 4.69) is 13.0 Å². The number of carboxylic acids is 1. The molecule has 1 aliphatic heterocycles. The molecule has 0 spiro atoms. The molecule has 0 aliphatic carbocycles. The predicted octanol–water partition coefficient (Wildman–Crippen LogP) is 5.43. The van der Waals surface area contributed by atoms with E-state index in [1.807, 2.05) is 12.2 Å². The van der Waals surface area contributed by atoms with Gasteiger partial charge in [0.25, 0.3) is 0 Å². The van der Waals surface area contributed by atoms with Crippen molar-refractivity contribution in [1.82, 2.24) is 0 Å². The molecule has 0 amide bonds. The first kappa shape index (κ1) is 19.7. The Hall–Kier alpha value is -1.35. The van der Waals surface area contributed by atoms with Crippen molar-refractivity contribution in [2.45, 2.75) is 83.3 Å². The Balaban J connectivity index is 1.78. The lowest BCUT2D eigenvalue weighted by molar-refractivity contribution is -0.131. The highest BCUT2D eigenvalue weighted by Crippen LogP contribution is 2.29. The highest BCUT2D eigenvalue weighted by molar-refractivity contribution is 5.80. The lowest BCUT2D eigenvalue weighted by Gasteiger charge is -2.00. The first-order chi connectivity index (χ1) is 11.2. The van der Waals surface area contributed by atoms with Crippen LogP contribution in [0.15, 0.2) is 36.5 Å². The number of unbranched alkanes of at least 4 members (excludes halogenated alkanes) is 7. The molecule has 2 unspecified atom stereocenters. The van der Waals surface area contributed by atoms with Crippen molar-refractivity contribution in [3.8, 4) is 0 Å². The molecule has 1 saturated heterocycles. The molecule has 2 atom stereocenters. The van der Waals surface area contributed by atoms with Gasteiger partial charge in [-0.25, -0.2) is 4.79 Å². The Morgan fingerprint density at radius 1 is 0.913 bits per heavy atom. The van der Waals surface area contributed by atoms with Gasteiger partial charge in [0.1, 0.15) is 0 Å². The monoisotopic (exact) mass is 320 g/mol. The molecule has 1 N–H and O–H groups in total. The van der Waals surface area contributed by atoms with Crippen LogP contribution in [0.3, 0.4) is 0 Å². The van der Waals surface area contributed by atoms with Gasteiger partial charge in [0.05, 0.1) is 12.2 Å². The van der Waals surface area contributed by atoms with E-state index in [-0.39, 0.29) is 0 Å². The zero-order valence-electron chi connectivity index (χ0n) is 14.5. The maximum atomic E-state index is 10.2. The maximum absolute atomic E-state index is 10.2. The molecular formula is C20H32O3. The van der Waals surface area contributed by atoms with Crippen LogP contribution in [0.1, 0.15) is 71.1 Å². The normalized spacial score (nSPS) is 20.9. The van der Waals surface area contributed by atoms with Crippen molar-refractivity contribution in [2.75, 3.05) is 0 Å². The smallest absolute Gasteiger partial charge is 0.328 e. The first-order valence-corrected chi connectivity index (χ1v) is 9.12. The van der Waals surface area contributed by atoms with E-state index in [0.29, 0.717) is 12.2 Å². The van der Waals surface area contributed by atoms with E-state index in [0.717, 1.165) is 12.5 Å². The summed E-state index contributed by atoms with van der Waals surface area (Å²) in [6.07, 6.45) is 24.4. The van der Waals surface area contributed by atoms with Crippen LogP contribution >= 0.6 is 0 Å². The van der Waals surface area contributed by atoms with Crippen molar-refractivity contribution in [3.63, 3.8) is 0 Å². The van der Waals surface area contributed by atoms with E-state index < -0.39 is 5.97 Å². The third-order valence-corrected chi connectivity index (χ3v) is 4.16. The van der Waals surface area contributed by atoms with Crippen molar-refractivity contribution >= 4 is 5.97 Å². The van der Waals surface area contributed by atoms with E-state index >= 15 is 0 Å². The van der Waals surface area contributed by atoms with Gasteiger partial charge in [-0.2, -0.15) is 0 Å². The summed E-state index contributed by atoms with van der Waals surface area (Å²) in [5.74, 6) is -0.912. The van der Waals surface area contributed by atoms with Gasteiger partial charge in [0.15, 0.2) is 0 Å². The minimum absolute atomic E-state index is 0.575. The minimum Gasteiger partial charge on any atom is -0.478 e. The van der Waals surface area contributed by atoms with Crippen LogP contribution in [0.5, 0.6) is 0 Å². The van der Waals surface area contributed by atoms with E-state index in [1.165, 1.54) is 63.9 Å². The molecule has 1 heterocycles. The molecule has 3 nitrogen and oxygen atoms in total. The number of ether oxygens (including phenoxy) is 1. The van der Waals surface area contributed by atoms with Gasteiger partial charge in [0.2, 0.25) is 0 Å². The number of hydrogen-bond donors (Lipinski definition) is 1. The van der Waals surface area contributed by atoms with Crippen LogP contribution in [-0.2, 0) is 9.53 Å². The summed E-state index contributed by atoms with van der Waals surface area (Å²) in [5, 5.41) is 8.41. The van der Waals surface area contributed by atoms with Gasteiger partial charge in [-0.3, -0.25) is 0 Å². The molecule has 3 heteroatoms. The SMILES string of the molecule is CCC1OC1CCCCCCCCCC=CC=CC=CC(=O)O. The van der Waals surface area contributed by atoms with Gasteiger partial charge >= 0.3 is 5.97 Å². The van der Waals surface area contributed by atoms with Gasteiger partial charge < -0.3 is 9.84 Å². The summed E-state index contributed by atoms with van der Waals surface area (Å²) in [6, 6.07) is 0. The molecule has 1 fully saturated rings. The summed E-state index contributed by atoms with van der Waals surface area (Å²) < 4.78 is 5.55. The van der Waals surface area contributed by atoms with Crippen LogP contribution < -0.4 is 0 Å². The topological polar surface area (TPSA) is 49.8 Å². The molecular weight excluding hydrogens is 288 g/mol. The second kappa shape index (κ2) is 13.1. The van der Waals surface area contributed by atoms with Crippen molar-refractivity contribution in [3.05, 3.63) is 36.5 Å². The summed E-state index contributed by atoms with van der Waals surface area (Å²) in [6.45, 7) is 2.20. The molecule has 130 valence electrons. The average molecular weight is 320 g/mol. The van der Waals surface area contributed by atoms with Crippen molar-refractivity contribution < 1.29 is 14.6 Å². The number of carbonyl (C=O) groups is 1. The molecule has 0 aromatic rings. The fourth-order valence-corrected chi connectivity index (χ4v) is 2.72. The maximum Gasteiger partial charge on any atom is 0.328 e. The van der Waals surface area contributed by atoms with E-state index in [1.54, 1.807) is 6.08 Å². The summed E-state index contributed by atoms with van der Waals surface area (Å²) in [5.41, 5.74) is 0. The summed E-state index contributed by atoms with van der Waals surface area (Å²) in [4.78, 5) is 10.2. The molecule has 1 aliphatic rings. The predicted molar refractivity (Wildman–Crippen MR) is 95.6 cm³/mol. The van der Waals surface area contributed by atoms with Gasteiger partial charge in [-0.15, -0.1) is 0 Å². The van der Waals surface area contributed by atoms with Crippen LogP contribution in [0.2, 0.25) is 0 Å². The highest BCUT2D eigenvalue weighted by atomic mass is 16.6. The molecule has 1 rings (SSSR count). The number of allylic oxidation sites excluding steroid dienone is 5. The van der Waals surface area contributed by atoms with Crippen LogP contribution in [0.4, 0.5) is 0 Å². The highest BCUT2D eigenvalue weighted by Gasteiger charge is 2.35. The Morgan fingerprint density at radius 3 is 2.22 bits per heavy atom. The second-order valence-electron chi connectivity index (χ2n) is 6.18. The van der Waals surface area contributed by atoms with Crippen LogP contribution in [-0.4, -0.2) is 23.3 Å². The zero-order chi connectivity index (χ0) is 16.8. The molecule has 0 bridgehead atoms. The average Bonchev–Trinajstić information content (AvgIpc) is 3.29. The quantitative estimate of drug-likeness (QED) is 0.201. The zero-order valence-corrected chi connectivity index (χ0v) is 14.5. The van der Waals surface area contributed by atoms with Crippen LogP contribution in [0, 0.1) is 0 Å². The Morgan fingerprint density at radius 2 is 1.57 bits per heavy atom. The van der Waals surface area contributed by atoms with Crippen molar-refractivity contribution in [1.29, 1.82) is 0 Å². The molecule has 23 heavy (non-hydrogen) atoms. The fraction of sp³-hybridized carbons (Fsp3) is 0.650. The molecule has 0 aromatic carbocycles. The van der Waals surface area contributed by atoms with Gasteiger partial charge in [-0.05, 0) is 25.7 Å². The standard InChI is InChI=1S/C20H32O3/c1-2-18-19(23-18)16-14-12-10-8-6-4-3-5-7-9-11-13-15-17-20(21)22/h7,9,11,13,15,17-19H,2-6,8,10,12,14,16H2,1H3,(H,21,22). The van der Waals surface area contributed by atoms with E-state index in [9.17, 15) is 4.79 Å². The molecule has 0 aromatic heterocycles. The fourth-order valence-electron chi connectivity index (χ4n) is 2.72. The Labute approximate surface area is 141 Å². The van der Waals surface area contributed by atoms with E-state index in [4.69, 9.17) is 9.84 Å². The first-order valence-electron chi connectivity index (χ1n) is 9.12. The van der Waals surface area contributed by atoms with Gasteiger partial charge in [0, 0.05) is 6.08 Å². The number of epoxide rings is 1. The summed E-state index contributed by atoms with van der Waals surface area (Å²) >= 11 is 0. The minimum atomic E-state index is -0.912. The summed E-state index contributed by atoms with van der Waals surface area (Å²) in [7, 11) is 0. The largest absolute Gasteiger partial charge is 0.478 e. The lowest BCUT2D eigenvalue weighted by atomic mass is 10.1. The number of aliphatic carboxylic acids is 1. The van der Waals surface area contributed by atoms with Gasteiger partial charge in [-0.1, -0.05) is 75.8 Å². The second-order valence-corrected chi connectivity index (χ2v) is 6.18. The molecule has 0 radical (unpaired) electrons. The Bertz CT molecular complexity index is 396. The Kier molecular flexibility index (Phi) is 11.2. The third kappa shape index (κ3) is 11.8. The number of rotatable bonds is 14. The van der Waals surface area contributed by atoms with Crippen molar-refractivity contribution in [2.24, 2.45) is 0 Å².